The molecule has 0 aromatic heterocycles. The molecule has 5 rings (SSSR count). The lowest BCUT2D eigenvalue weighted by molar-refractivity contribution is -0.307. The van der Waals surface area contributed by atoms with Gasteiger partial charge in [0.2, 0.25) is 0 Å². The first kappa shape index (κ1) is 29.1. The number of hydrogen-bond donors (Lipinski definition) is 1. The second-order valence-corrected chi connectivity index (χ2v) is 10.8. The highest BCUT2D eigenvalue weighted by molar-refractivity contribution is 6.08. The monoisotopic (exact) mass is 571 g/mol. The quantitative estimate of drug-likeness (QED) is 0.276. The van der Waals surface area contributed by atoms with Crippen LogP contribution < -0.4 is 10.4 Å². The molecule has 1 fully saturated rings. The Hall–Kier alpha value is -4.43. The number of anilines is 1. The first-order chi connectivity index (χ1) is 20.0. The van der Waals surface area contributed by atoms with E-state index in [-0.39, 0.29) is 18.4 Å². The predicted octanol–water partition coefficient (Wildman–Crippen LogP) is 6.47. The number of carbonyl (C=O) groups excluding carboxylic acids is 2. The molecule has 4 aromatic rings. The van der Waals surface area contributed by atoms with E-state index in [0.717, 1.165) is 36.1 Å². The Morgan fingerprint density at radius 2 is 1.55 bits per heavy atom. The third-order valence-corrected chi connectivity index (χ3v) is 8.14. The van der Waals surface area contributed by atoms with Crippen molar-refractivity contribution in [1.82, 2.24) is 4.90 Å². The maximum absolute atomic E-state index is 13.2. The molecular weight excluding hydrogens is 541 g/mol. The van der Waals surface area contributed by atoms with E-state index < -0.39 is 23.2 Å². The van der Waals surface area contributed by atoms with Gasteiger partial charge in [0, 0.05) is 23.3 Å². The molecule has 1 aliphatic rings. The topological polar surface area (TPSA) is 72.5 Å². The van der Waals surface area contributed by atoms with Crippen LogP contribution >= 0.6 is 0 Å². The Morgan fingerprint density at radius 3 is 2.19 bits per heavy atom. The van der Waals surface area contributed by atoms with Crippen LogP contribution in [0.2, 0.25) is 0 Å². The minimum Gasteiger partial charge on any atom is -0.549 e. The predicted molar refractivity (Wildman–Crippen MR) is 154 cm³/mol. The van der Waals surface area contributed by atoms with Gasteiger partial charge in [0.05, 0.1) is 11.5 Å². The van der Waals surface area contributed by atoms with Crippen molar-refractivity contribution in [3.05, 3.63) is 125 Å². The fourth-order valence-corrected chi connectivity index (χ4v) is 5.87. The van der Waals surface area contributed by atoms with Gasteiger partial charge in [-0.25, -0.2) is 0 Å². The van der Waals surface area contributed by atoms with Crippen LogP contribution in [-0.2, 0) is 16.5 Å². The van der Waals surface area contributed by atoms with E-state index in [1.54, 1.807) is 24.3 Å². The van der Waals surface area contributed by atoms with Crippen LogP contribution in [0.25, 0.3) is 11.1 Å². The molecule has 216 valence electrons. The summed E-state index contributed by atoms with van der Waals surface area (Å²) < 4.78 is 39.0. The van der Waals surface area contributed by atoms with Crippen molar-refractivity contribution in [1.29, 1.82) is 0 Å². The maximum atomic E-state index is 13.2. The van der Waals surface area contributed by atoms with Crippen LogP contribution in [0, 0.1) is 0 Å². The second kappa shape index (κ2) is 11.8. The summed E-state index contributed by atoms with van der Waals surface area (Å²) in [6.45, 7) is 2.53. The van der Waals surface area contributed by atoms with Gasteiger partial charge in [0.25, 0.3) is 5.91 Å². The smallest absolute Gasteiger partial charge is 0.416 e. The van der Waals surface area contributed by atoms with Gasteiger partial charge in [0.15, 0.2) is 0 Å². The summed E-state index contributed by atoms with van der Waals surface area (Å²) in [5, 5.41) is 14.4. The number of nitrogens with one attached hydrogen (secondary N) is 1. The zero-order chi connectivity index (χ0) is 29.9. The van der Waals surface area contributed by atoms with Crippen molar-refractivity contribution >= 4 is 17.6 Å². The molecule has 1 N–H and O–H groups in total. The highest BCUT2D eigenvalue weighted by Crippen LogP contribution is 2.44. The van der Waals surface area contributed by atoms with E-state index >= 15 is 0 Å². The SMILES string of the molecule is CC1(c2ccccc2)CC(c2ccc(NC(=O)c3ccccc3-c3ccc(C(F)(F)F)cc3)cc2)CCN1CC(=O)[O-]. The molecule has 8 heteroatoms. The van der Waals surface area contributed by atoms with Gasteiger partial charge in [0.1, 0.15) is 0 Å². The van der Waals surface area contributed by atoms with Crippen LogP contribution in [0.3, 0.4) is 0 Å². The van der Waals surface area contributed by atoms with Crippen molar-refractivity contribution in [3.63, 3.8) is 0 Å². The number of hydrogen-bond acceptors (Lipinski definition) is 4. The van der Waals surface area contributed by atoms with Gasteiger partial charge in [-0.3, -0.25) is 9.69 Å². The standard InChI is InChI=1S/C34H31F3N2O3/c1-33(26-7-3-2-4-8-26)21-25(19-20-39(33)22-31(40)41)23-13-17-28(18-14-23)38-32(42)30-10-6-5-9-29(30)24-11-15-27(16-12-24)34(35,36)37/h2-18,25H,19-22H2,1H3,(H,38,42)(H,40,41)/p-1. The molecule has 4 aromatic carbocycles. The third kappa shape index (κ3) is 6.24. The average molecular weight is 572 g/mol. The first-order valence-electron chi connectivity index (χ1n) is 13.7. The molecule has 0 spiro atoms. The van der Waals surface area contributed by atoms with E-state index in [1.165, 1.54) is 12.1 Å². The molecule has 1 aliphatic heterocycles. The van der Waals surface area contributed by atoms with E-state index in [0.29, 0.717) is 28.9 Å². The van der Waals surface area contributed by atoms with Crippen molar-refractivity contribution in [2.75, 3.05) is 18.4 Å². The van der Waals surface area contributed by atoms with Crippen LogP contribution in [0.5, 0.6) is 0 Å². The van der Waals surface area contributed by atoms with Gasteiger partial charge < -0.3 is 15.2 Å². The lowest BCUT2D eigenvalue weighted by atomic mass is 9.74. The number of likely N-dealkylation sites (tertiary alicyclic amines) is 1. The second-order valence-electron chi connectivity index (χ2n) is 10.8. The Kier molecular flexibility index (Phi) is 8.18. The van der Waals surface area contributed by atoms with E-state index in [2.05, 4.69) is 12.2 Å². The molecule has 1 amide bonds. The number of aliphatic carboxylic acids is 1. The molecule has 5 nitrogen and oxygen atoms in total. The van der Waals surface area contributed by atoms with Gasteiger partial charge in [-0.15, -0.1) is 0 Å². The van der Waals surface area contributed by atoms with Gasteiger partial charge in [-0.1, -0.05) is 72.8 Å². The summed E-state index contributed by atoms with van der Waals surface area (Å²) in [5.41, 5.74) is 2.88. The van der Waals surface area contributed by atoms with Crippen LogP contribution in [-0.4, -0.2) is 29.9 Å². The number of benzene rings is 4. The largest absolute Gasteiger partial charge is 0.549 e. The van der Waals surface area contributed by atoms with E-state index in [4.69, 9.17) is 0 Å². The normalized spacial score (nSPS) is 19.3. The fourth-order valence-electron chi connectivity index (χ4n) is 5.87. The number of alkyl halides is 3. The van der Waals surface area contributed by atoms with Gasteiger partial charge >= 0.3 is 6.18 Å². The zero-order valence-corrected chi connectivity index (χ0v) is 23.0. The number of halogens is 3. The lowest BCUT2D eigenvalue weighted by Gasteiger charge is -2.48. The molecule has 0 radical (unpaired) electrons. The fraction of sp³-hybridized carbons (Fsp3) is 0.235. The number of rotatable bonds is 7. The molecule has 42 heavy (non-hydrogen) atoms. The molecule has 1 saturated heterocycles. The van der Waals surface area contributed by atoms with Crippen LogP contribution in [0.4, 0.5) is 18.9 Å². The molecule has 0 saturated carbocycles. The molecular formula is C34H30F3N2O3-. The number of carboxylic acids is 1. The number of carbonyl (C=O) groups is 2. The van der Waals surface area contributed by atoms with E-state index in [1.807, 2.05) is 59.5 Å². The van der Waals surface area contributed by atoms with Crippen LogP contribution in [0.15, 0.2) is 103 Å². The summed E-state index contributed by atoms with van der Waals surface area (Å²) >= 11 is 0. The number of nitrogens with zero attached hydrogens (tertiary/aromatic N) is 1. The summed E-state index contributed by atoms with van der Waals surface area (Å²) in [6.07, 6.45) is -2.94. The Balaban J connectivity index is 1.32. The summed E-state index contributed by atoms with van der Waals surface area (Å²) in [4.78, 5) is 26.7. The highest BCUT2D eigenvalue weighted by Gasteiger charge is 2.40. The van der Waals surface area contributed by atoms with Crippen molar-refractivity contribution in [2.24, 2.45) is 0 Å². The number of piperidine rings is 1. The molecule has 1 heterocycles. The van der Waals surface area contributed by atoms with Gasteiger partial charge in [-0.2, -0.15) is 13.2 Å². The van der Waals surface area contributed by atoms with Crippen molar-refractivity contribution in [3.8, 4) is 11.1 Å². The van der Waals surface area contributed by atoms with E-state index in [9.17, 15) is 27.9 Å². The highest BCUT2D eigenvalue weighted by atomic mass is 19.4. The van der Waals surface area contributed by atoms with Crippen LogP contribution in [0.1, 0.15) is 52.7 Å². The number of amides is 1. The Bertz CT molecular complexity index is 1550. The first-order valence-corrected chi connectivity index (χ1v) is 13.7. The summed E-state index contributed by atoms with van der Waals surface area (Å²) in [6, 6.07) is 29.0. The number of carboxylic acid groups (broad SMARTS) is 1. The molecule has 2 unspecified atom stereocenters. The minimum absolute atomic E-state index is 0.142. The minimum atomic E-state index is -4.44. The lowest BCUT2D eigenvalue weighted by Crippen LogP contribution is -2.53. The summed E-state index contributed by atoms with van der Waals surface area (Å²) in [7, 11) is 0. The van der Waals surface area contributed by atoms with Crippen molar-refractivity contribution < 1.29 is 27.9 Å². The zero-order valence-electron chi connectivity index (χ0n) is 23.0. The van der Waals surface area contributed by atoms with Gasteiger partial charge in [-0.05, 0) is 84.8 Å². The molecule has 2 atom stereocenters. The molecule has 0 bridgehead atoms. The Labute approximate surface area is 242 Å². The third-order valence-electron chi connectivity index (χ3n) is 8.14. The summed E-state index contributed by atoms with van der Waals surface area (Å²) in [5.74, 6) is -1.29. The average Bonchev–Trinajstić information content (AvgIpc) is 2.98. The molecule has 0 aliphatic carbocycles. The Morgan fingerprint density at radius 1 is 0.905 bits per heavy atom. The maximum Gasteiger partial charge on any atom is 0.416 e. The van der Waals surface area contributed by atoms with Crippen molar-refractivity contribution in [2.45, 2.75) is 37.4 Å².